The van der Waals surface area contributed by atoms with Crippen molar-refractivity contribution < 1.29 is 9.53 Å². The first-order valence-electron chi connectivity index (χ1n) is 6.75. The molecule has 0 bridgehead atoms. The Bertz CT molecular complexity index is 680. The van der Waals surface area contributed by atoms with Crippen LogP contribution in [-0.4, -0.2) is 19.2 Å². The number of carbonyl (C=O) groups excluding carboxylic acids is 1. The molecule has 0 spiro atoms. The van der Waals surface area contributed by atoms with Crippen LogP contribution in [0.1, 0.15) is 15.9 Å². The second kappa shape index (κ2) is 5.71. The molecule has 1 aliphatic rings. The smallest absolute Gasteiger partial charge is 0.255 e. The van der Waals surface area contributed by atoms with Crippen LogP contribution in [0.2, 0.25) is 0 Å². The molecule has 2 N–H and O–H groups in total. The number of nitrogens with one attached hydrogen (secondary N) is 2. The highest BCUT2D eigenvalue weighted by atomic mass is 16.5. The number of anilines is 1. The topological polar surface area (TPSA) is 50.4 Å². The summed E-state index contributed by atoms with van der Waals surface area (Å²) in [5.41, 5.74) is 2.41. The largest absolute Gasteiger partial charge is 0.495 e. The van der Waals surface area contributed by atoms with Gasteiger partial charge in [0.2, 0.25) is 0 Å². The normalized spacial score (nSPS) is 17.0. The molecule has 4 nitrogen and oxygen atoms in total. The summed E-state index contributed by atoms with van der Waals surface area (Å²) in [6.45, 7) is 0. The molecule has 106 valence electrons. The van der Waals surface area contributed by atoms with Crippen molar-refractivity contribution in [3.8, 4) is 5.75 Å². The Morgan fingerprint density at radius 2 is 1.86 bits per heavy atom. The van der Waals surface area contributed by atoms with Gasteiger partial charge in [0, 0.05) is 0 Å². The lowest BCUT2D eigenvalue weighted by Gasteiger charge is -2.27. The van der Waals surface area contributed by atoms with Crippen LogP contribution in [-0.2, 0) is 0 Å². The van der Waals surface area contributed by atoms with Crippen molar-refractivity contribution in [3.05, 3.63) is 65.7 Å². The zero-order chi connectivity index (χ0) is 14.7. The molecule has 21 heavy (non-hydrogen) atoms. The van der Waals surface area contributed by atoms with Gasteiger partial charge in [-0.15, -0.1) is 0 Å². The third-order valence-electron chi connectivity index (χ3n) is 3.36. The van der Waals surface area contributed by atoms with Crippen LogP contribution < -0.4 is 15.4 Å². The standard InChI is InChI=1S/C17H16N2O2/c1-21-14-9-5-8-13-16(14)18-15(19-17(13)20)11-10-12-6-3-2-4-7-12/h2-11,15,18H,1H3,(H,19,20)/b11-10+. The quantitative estimate of drug-likeness (QED) is 0.909. The lowest BCUT2D eigenvalue weighted by molar-refractivity contribution is 0.0943. The van der Waals surface area contributed by atoms with E-state index in [2.05, 4.69) is 10.6 Å². The van der Waals surface area contributed by atoms with Crippen molar-refractivity contribution in [2.24, 2.45) is 0 Å². The summed E-state index contributed by atoms with van der Waals surface area (Å²) in [6.07, 6.45) is 3.63. The zero-order valence-corrected chi connectivity index (χ0v) is 11.7. The van der Waals surface area contributed by atoms with E-state index in [0.717, 1.165) is 11.3 Å². The maximum absolute atomic E-state index is 12.1. The molecule has 1 unspecified atom stereocenters. The fourth-order valence-corrected chi connectivity index (χ4v) is 2.32. The van der Waals surface area contributed by atoms with Crippen molar-refractivity contribution in [1.29, 1.82) is 0 Å². The van der Waals surface area contributed by atoms with E-state index in [4.69, 9.17) is 4.74 Å². The Morgan fingerprint density at radius 1 is 1.05 bits per heavy atom. The number of para-hydroxylation sites is 1. The Balaban J connectivity index is 1.85. The number of hydrogen-bond donors (Lipinski definition) is 2. The van der Waals surface area contributed by atoms with Crippen molar-refractivity contribution >= 4 is 17.7 Å². The predicted molar refractivity (Wildman–Crippen MR) is 83.3 cm³/mol. The fraction of sp³-hybridized carbons (Fsp3) is 0.118. The highest BCUT2D eigenvalue weighted by Crippen LogP contribution is 2.31. The maximum Gasteiger partial charge on any atom is 0.255 e. The monoisotopic (exact) mass is 280 g/mol. The fourth-order valence-electron chi connectivity index (χ4n) is 2.32. The summed E-state index contributed by atoms with van der Waals surface area (Å²) in [7, 11) is 1.60. The molecular formula is C17H16N2O2. The van der Waals surface area contributed by atoms with E-state index in [1.54, 1.807) is 19.2 Å². The summed E-state index contributed by atoms with van der Waals surface area (Å²) in [5, 5.41) is 6.18. The van der Waals surface area contributed by atoms with Gasteiger partial charge in [-0.05, 0) is 23.8 Å². The number of ether oxygens (including phenoxy) is 1. The lowest BCUT2D eigenvalue weighted by atomic mass is 10.1. The van der Waals surface area contributed by atoms with Gasteiger partial charge in [0.05, 0.1) is 18.4 Å². The Hall–Kier alpha value is -2.75. The molecule has 0 aromatic heterocycles. The van der Waals surface area contributed by atoms with Gasteiger partial charge in [-0.1, -0.05) is 42.5 Å². The first kappa shape index (κ1) is 13.2. The van der Waals surface area contributed by atoms with Gasteiger partial charge in [0.15, 0.2) is 0 Å². The van der Waals surface area contributed by atoms with Crippen LogP contribution in [0.3, 0.4) is 0 Å². The van der Waals surface area contributed by atoms with E-state index in [1.165, 1.54) is 0 Å². The molecule has 4 heteroatoms. The van der Waals surface area contributed by atoms with Gasteiger partial charge in [0.25, 0.3) is 5.91 Å². The van der Waals surface area contributed by atoms with E-state index in [-0.39, 0.29) is 12.1 Å². The van der Waals surface area contributed by atoms with E-state index >= 15 is 0 Å². The van der Waals surface area contributed by atoms with Crippen molar-refractivity contribution in [2.45, 2.75) is 6.17 Å². The van der Waals surface area contributed by atoms with Gasteiger partial charge < -0.3 is 15.4 Å². The molecule has 0 fully saturated rings. The SMILES string of the molecule is COc1cccc2c1NC(/C=C/c1ccccc1)NC2=O. The summed E-state index contributed by atoms with van der Waals surface area (Å²) in [4.78, 5) is 12.1. The number of benzene rings is 2. The zero-order valence-electron chi connectivity index (χ0n) is 11.7. The van der Waals surface area contributed by atoms with Crippen molar-refractivity contribution in [2.75, 3.05) is 12.4 Å². The third kappa shape index (κ3) is 2.74. The Morgan fingerprint density at radius 3 is 2.62 bits per heavy atom. The van der Waals surface area contributed by atoms with Crippen LogP contribution in [0.5, 0.6) is 5.75 Å². The molecule has 2 aromatic rings. The third-order valence-corrected chi connectivity index (χ3v) is 3.36. The highest BCUT2D eigenvalue weighted by Gasteiger charge is 2.24. The van der Waals surface area contributed by atoms with Crippen molar-refractivity contribution in [1.82, 2.24) is 5.32 Å². The van der Waals surface area contributed by atoms with Gasteiger partial charge in [-0.2, -0.15) is 0 Å². The molecule has 1 aliphatic heterocycles. The van der Waals surface area contributed by atoms with Crippen molar-refractivity contribution in [3.63, 3.8) is 0 Å². The molecule has 1 amide bonds. The van der Waals surface area contributed by atoms with E-state index in [9.17, 15) is 4.79 Å². The van der Waals surface area contributed by atoms with Gasteiger partial charge in [-0.3, -0.25) is 4.79 Å². The summed E-state index contributed by atoms with van der Waals surface area (Å²) in [5.74, 6) is 0.561. The highest BCUT2D eigenvalue weighted by molar-refractivity contribution is 6.03. The van der Waals surface area contributed by atoms with Crippen LogP contribution >= 0.6 is 0 Å². The molecule has 1 atom stereocenters. The summed E-state index contributed by atoms with van der Waals surface area (Å²) >= 11 is 0. The molecule has 0 aliphatic carbocycles. The number of carbonyl (C=O) groups is 1. The Kier molecular flexibility index (Phi) is 3.60. The maximum atomic E-state index is 12.1. The predicted octanol–water partition coefficient (Wildman–Crippen LogP) is 2.89. The first-order chi connectivity index (χ1) is 10.3. The average molecular weight is 280 g/mol. The molecule has 3 rings (SSSR count). The summed E-state index contributed by atoms with van der Waals surface area (Å²) < 4.78 is 5.31. The molecule has 0 saturated carbocycles. The second-order valence-electron chi connectivity index (χ2n) is 4.75. The number of hydrogen-bond acceptors (Lipinski definition) is 3. The summed E-state index contributed by atoms with van der Waals surface area (Å²) in [6, 6.07) is 15.4. The lowest BCUT2D eigenvalue weighted by Crippen LogP contribution is -2.43. The molecule has 2 aromatic carbocycles. The van der Waals surface area contributed by atoms with Gasteiger partial charge in [0.1, 0.15) is 11.9 Å². The Labute approximate surface area is 123 Å². The average Bonchev–Trinajstić information content (AvgIpc) is 2.53. The van der Waals surface area contributed by atoms with E-state index in [1.807, 2.05) is 48.6 Å². The van der Waals surface area contributed by atoms with E-state index < -0.39 is 0 Å². The molecule has 0 radical (unpaired) electrons. The molecule has 1 heterocycles. The number of methoxy groups -OCH3 is 1. The van der Waals surface area contributed by atoms with Crippen LogP contribution in [0.25, 0.3) is 6.08 Å². The minimum atomic E-state index is -0.262. The first-order valence-corrected chi connectivity index (χ1v) is 6.75. The van der Waals surface area contributed by atoms with Gasteiger partial charge >= 0.3 is 0 Å². The number of fused-ring (bicyclic) bond motifs is 1. The molecular weight excluding hydrogens is 264 g/mol. The number of rotatable bonds is 3. The molecule has 0 saturated heterocycles. The van der Waals surface area contributed by atoms with Crippen LogP contribution in [0.15, 0.2) is 54.6 Å². The van der Waals surface area contributed by atoms with Gasteiger partial charge in [-0.25, -0.2) is 0 Å². The van der Waals surface area contributed by atoms with Crippen LogP contribution in [0.4, 0.5) is 5.69 Å². The second-order valence-corrected chi connectivity index (χ2v) is 4.75. The number of amides is 1. The minimum Gasteiger partial charge on any atom is -0.495 e. The van der Waals surface area contributed by atoms with Crippen LogP contribution in [0, 0.1) is 0 Å². The van der Waals surface area contributed by atoms with E-state index in [0.29, 0.717) is 11.3 Å². The minimum absolute atomic E-state index is 0.106.